The van der Waals surface area contributed by atoms with Crippen molar-refractivity contribution in [3.63, 3.8) is 0 Å². The van der Waals surface area contributed by atoms with Gasteiger partial charge in [0.1, 0.15) is 0 Å². The highest BCUT2D eigenvalue weighted by molar-refractivity contribution is 7.89. The van der Waals surface area contributed by atoms with E-state index in [9.17, 15) is 18.0 Å². The highest BCUT2D eigenvalue weighted by Crippen LogP contribution is 2.24. The Kier molecular flexibility index (Phi) is 3.71. The topological polar surface area (TPSA) is 90.6 Å². The van der Waals surface area contributed by atoms with Crippen LogP contribution in [0.25, 0.3) is 0 Å². The number of rotatable bonds is 2. The van der Waals surface area contributed by atoms with E-state index in [4.69, 9.17) is 4.84 Å². The van der Waals surface area contributed by atoms with Crippen LogP contribution in [0.1, 0.15) is 11.1 Å². The van der Waals surface area contributed by atoms with Crippen LogP contribution < -0.4 is 11.2 Å². The van der Waals surface area contributed by atoms with Gasteiger partial charge in [0.25, 0.3) is 15.6 Å². The standard InChI is InChI=1S/C14H15N3O5S/c1-15-8-12(13(18)16(2)14(15)19)23(20,21)17-7-10-5-3-4-6-11(10)9-22-17/h3-6,8H,7,9H2,1-2H3. The zero-order chi connectivity index (χ0) is 16.8. The molecule has 0 unspecified atom stereocenters. The van der Waals surface area contributed by atoms with E-state index in [-0.39, 0.29) is 13.2 Å². The minimum atomic E-state index is -4.18. The van der Waals surface area contributed by atoms with Crippen molar-refractivity contribution in [2.75, 3.05) is 0 Å². The van der Waals surface area contributed by atoms with Crippen LogP contribution in [0.3, 0.4) is 0 Å². The summed E-state index contributed by atoms with van der Waals surface area (Å²) in [5, 5.41) is 0. The summed E-state index contributed by atoms with van der Waals surface area (Å²) in [6, 6.07) is 7.30. The summed E-state index contributed by atoms with van der Waals surface area (Å²) in [5.41, 5.74) is 0.227. The third kappa shape index (κ3) is 2.52. The van der Waals surface area contributed by atoms with Gasteiger partial charge in [0.2, 0.25) is 0 Å². The molecule has 2 aromatic rings. The number of hydrogen-bond donors (Lipinski definition) is 0. The van der Waals surface area contributed by atoms with Crippen molar-refractivity contribution in [2.45, 2.75) is 18.0 Å². The molecule has 122 valence electrons. The molecular formula is C14H15N3O5S. The minimum absolute atomic E-state index is 0.00447. The molecule has 0 amide bonds. The first-order valence-corrected chi connectivity index (χ1v) is 8.25. The second kappa shape index (κ2) is 5.44. The molecule has 9 heteroatoms. The zero-order valence-electron chi connectivity index (χ0n) is 12.6. The number of benzene rings is 1. The molecule has 23 heavy (non-hydrogen) atoms. The van der Waals surface area contributed by atoms with E-state index < -0.39 is 26.2 Å². The van der Waals surface area contributed by atoms with Gasteiger partial charge in [-0.05, 0) is 11.1 Å². The SMILES string of the molecule is Cn1cc(S(=O)(=O)N2Cc3ccccc3CO2)c(=O)n(C)c1=O. The van der Waals surface area contributed by atoms with Crippen LogP contribution in [0.5, 0.6) is 0 Å². The Morgan fingerprint density at radius 1 is 1.09 bits per heavy atom. The molecule has 0 saturated carbocycles. The van der Waals surface area contributed by atoms with E-state index >= 15 is 0 Å². The lowest BCUT2D eigenvalue weighted by Crippen LogP contribution is -2.43. The van der Waals surface area contributed by atoms with Gasteiger partial charge in [0.05, 0.1) is 13.2 Å². The third-order valence-electron chi connectivity index (χ3n) is 3.74. The molecule has 0 N–H and O–H groups in total. The Balaban J connectivity index is 2.08. The van der Waals surface area contributed by atoms with Crippen molar-refractivity contribution in [1.29, 1.82) is 0 Å². The quantitative estimate of drug-likeness (QED) is 0.752. The van der Waals surface area contributed by atoms with Gasteiger partial charge in [-0.15, -0.1) is 0 Å². The van der Waals surface area contributed by atoms with Crippen LogP contribution in [0.15, 0.2) is 44.9 Å². The van der Waals surface area contributed by atoms with Crippen molar-refractivity contribution in [2.24, 2.45) is 14.1 Å². The van der Waals surface area contributed by atoms with Crippen molar-refractivity contribution >= 4 is 10.0 Å². The van der Waals surface area contributed by atoms with Gasteiger partial charge >= 0.3 is 5.69 Å². The van der Waals surface area contributed by atoms with Crippen LogP contribution in [0.2, 0.25) is 0 Å². The smallest absolute Gasteiger partial charge is 0.302 e. The van der Waals surface area contributed by atoms with E-state index in [2.05, 4.69) is 0 Å². The number of hydrogen-bond acceptors (Lipinski definition) is 5. The van der Waals surface area contributed by atoms with Crippen molar-refractivity contribution in [3.05, 3.63) is 62.4 Å². The molecule has 0 radical (unpaired) electrons. The molecular weight excluding hydrogens is 322 g/mol. The van der Waals surface area contributed by atoms with Gasteiger partial charge in [-0.3, -0.25) is 14.2 Å². The summed E-state index contributed by atoms with van der Waals surface area (Å²) in [5.74, 6) is 0. The molecule has 0 aliphatic carbocycles. The largest absolute Gasteiger partial charge is 0.330 e. The molecule has 1 aromatic carbocycles. The summed E-state index contributed by atoms with van der Waals surface area (Å²) >= 11 is 0. The predicted octanol–water partition coefficient (Wildman–Crippen LogP) is -0.280. The van der Waals surface area contributed by atoms with Gasteiger partial charge in [-0.1, -0.05) is 28.7 Å². The average Bonchev–Trinajstić information content (AvgIpc) is 2.55. The lowest BCUT2D eigenvalue weighted by Gasteiger charge is -2.27. The Morgan fingerprint density at radius 2 is 1.74 bits per heavy atom. The maximum atomic E-state index is 12.7. The van der Waals surface area contributed by atoms with Crippen LogP contribution in [-0.4, -0.2) is 22.0 Å². The maximum Gasteiger partial charge on any atom is 0.330 e. The Bertz CT molecular complexity index is 990. The van der Waals surface area contributed by atoms with E-state index in [0.717, 1.165) is 30.9 Å². The van der Waals surface area contributed by atoms with Crippen LogP contribution in [0, 0.1) is 0 Å². The lowest BCUT2D eigenvalue weighted by atomic mass is 10.1. The van der Waals surface area contributed by atoms with Gasteiger partial charge in [0.15, 0.2) is 4.90 Å². The highest BCUT2D eigenvalue weighted by atomic mass is 32.2. The van der Waals surface area contributed by atoms with Gasteiger partial charge < -0.3 is 4.57 Å². The number of aryl methyl sites for hydroxylation is 1. The van der Waals surface area contributed by atoms with E-state index in [0.29, 0.717) is 0 Å². The summed E-state index contributed by atoms with van der Waals surface area (Å²) in [7, 11) is -1.56. The molecule has 1 aliphatic heterocycles. The monoisotopic (exact) mass is 337 g/mol. The molecule has 3 rings (SSSR count). The van der Waals surface area contributed by atoms with Gasteiger partial charge in [-0.25, -0.2) is 13.2 Å². The fraction of sp³-hybridized carbons (Fsp3) is 0.286. The average molecular weight is 337 g/mol. The normalized spacial score (nSPS) is 15.4. The Morgan fingerprint density at radius 3 is 2.43 bits per heavy atom. The van der Waals surface area contributed by atoms with Gasteiger partial charge in [-0.2, -0.15) is 0 Å². The fourth-order valence-electron chi connectivity index (χ4n) is 2.39. The molecule has 0 saturated heterocycles. The van der Waals surface area contributed by atoms with Crippen molar-refractivity contribution in [1.82, 2.24) is 13.6 Å². The zero-order valence-corrected chi connectivity index (χ0v) is 13.4. The summed E-state index contributed by atoms with van der Waals surface area (Å²) in [4.78, 5) is 28.7. The number of fused-ring (bicyclic) bond motifs is 1. The summed E-state index contributed by atoms with van der Waals surface area (Å²) in [6.45, 7) is 0.103. The first kappa shape index (κ1) is 15.7. The molecule has 1 aromatic heterocycles. The molecule has 0 fully saturated rings. The van der Waals surface area contributed by atoms with E-state index in [1.165, 1.54) is 14.1 Å². The highest BCUT2D eigenvalue weighted by Gasteiger charge is 2.32. The molecule has 1 aliphatic rings. The maximum absolute atomic E-state index is 12.7. The van der Waals surface area contributed by atoms with Gasteiger partial charge in [0, 0.05) is 20.3 Å². The summed E-state index contributed by atoms with van der Waals surface area (Å²) < 4.78 is 28.0. The van der Waals surface area contributed by atoms with Crippen molar-refractivity contribution < 1.29 is 13.3 Å². The molecule has 8 nitrogen and oxygen atoms in total. The van der Waals surface area contributed by atoms with Crippen molar-refractivity contribution in [3.8, 4) is 0 Å². The number of hydroxylamine groups is 1. The predicted molar refractivity (Wildman–Crippen MR) is 80.9 cm³/mol. The number of nitrogens with zero attached hydrogens (tertiary/aromatic N) is 3. The van der Waals surface area contributed by atoms with Crippen LogP contribution in [0.4, 0.5) is 0 Å². The van der Waals surface area contributed by atoms with E-state index in [1.54, 1.807) is 12.1 Å². The molecule has 0 atom stereocenters. The summed E-state index contributed by atoms with van der Waals surface area (Å²) in [6.07, 6.45) is 1.02. The molecule has 2 heterocycles. The number of sulfonamides is 1. The Hall–Kier alpha value is -2.23. The van der Waals surface area contributed by atoms with Crippen LogP contribution >= 0.6 is 0 Å². The third-order valence-corrected chi connectivity index (χ3v) is 5.35. The first-order valence-electron chi connectivity index (χ1n) is 6.81. The minimum Gasteiger partial charge on any atom is -0.302 e. The van der Waals surface area contributed by atoms with Crippen LogP contribution in [-0.2, 0) is 42.1 Å². The second-order valence-corrected chi connectivity index (χ2v) is 7.06. The first-order chi connectivity index (χ1) is 10.8. The Labute approximate surface area is 132 Å². The second-order valence-electron chi connectivity index (χ2n) is 5.26. The fourth-order valence-corrected chi connectivity index (χ4v) is 3.76. The lowest BCUT2D eigenvalue weighted by molar-refractivity contribution is -0.114. The van der Waals surface area contributed by atoms with E-state index in [1.807, 2.05) is 12.1 Å². The number of aromatic nitrogens is 2. The molecule has 0 bridgehead atoms. The molecule has 0 spiro atoms.